The molecule has 1 aliphatic heterocycles. The van der Waals surface area contributed by atoms with Crippen molar-refractivity contribution in [3.63, 3.8) is 0 Å². The molecule has 3 nitrogen and oxygen atoms in total. The van der Waals surface area contributed by atoms with Gasteiger partial charge in [0.1, 0.15) is 6.54 Å². The molecule has 4 heteroatoms. The van der Waals surface area contributed by atoms with Crippen molar-refractivity contribution in [2.75, 3.05) is 13.1 Å². The standard InChI is InChI=1S/C13H17BrN2O/c14-12-5-3-10(4-6-12)8-16-7-1-2-11(9-16)13(15)17/h3-6,11H,1-2,7-9H2,(H2,15,17)/p+1/t11-/m1/s1. The number of quaternary nitrogens is 1. The highest BCUT2D eigenvalue weighted by Gasteiger charge is 2.26. The lowest BCUT2D eigenvalue weighted by molar-refractivity contribution is -0.921. The summed E-state index contributed by atoms with van der Waals surface area (Å²) in [5.41, 5.74) is 6.70. The van der Waals surface area contributed by atoms with Gasteiger partial charge in [0.15, 0.2) is 0 Å². The number of amides is 1. The highest BCUT2D eigenvalue weighted by Crippen LogP contribution is 2.11. The van der Waals surface area contributed by atoms with Gasteiger partial charge in [-0.15, -0.1) is 0 Å². The van der Waals surface area contributed by atoms with Gasteiger partial charge in [0.05, 0.1) is 19.0 Å². The number of hydrogen-bond donors (Lipinski definition) is 2. The number of nitrogens with two attached hydrogens (primary N) is 1. The zero-order valence-electron chi connectivity index (χ0n) is 9.79. The van der Waals surface area contributed by atoms with E-state index >= 15 is 0 Å². The van der Waals surface area contributed by atoms with Crippen LogP contribution in [0.25, 0.3) is 0 Å². The van der Waals surface area contributed by atoms with Crippen molar-refractivity contribution in [2.24, 2.45) is 11.7 Å². The number of likely N-dealkylation sites (tertiary alicyclic amines) is 1. The Morgan fingerprint density at radius 1 is 1.41 bits per heavy atom. The maximum atomic E-state index is 11.2. The molecule has 1 unspecified atom stereocenters. The molecule has 1 fully saturated rings. The number of primary amides is 1. The first kappa shape index (κ1) is 12.6. The highest BCUT2D eigenvalue weighted by molar-refractivity contribution is 9.10. The Hall–Kier alpha value is -0.870. The number of carbonyl (C=O) groups excluding carboxylic acids is 1. The van der Waals surface area contributed by atoms with Crippen molar-refractivity contribution in [2.45, 2.75) is 19.4 Å². The van der Waals surface area contributed by atoms with Crippen molar-refractivity contribution in [1.82, 2.24) is 0 Å². The van der Waals surface area contributed by atoms with Crippen molar-refractivity contribution < 1.29 is 9.69 Å². The number of nitrogens with one attached hydrogen (secondary N) is 1. The minimum Gasteiger partial charge on any atom is -0.369 e. The second-order valence-corrected chi connectivity index (χ2v) is 5.66. The molecule has 0 aromatic heterocycles. The summed E-state index contributed by atoms with van der Waals surface area (Å²) in [5.74, 6) is -0.0767. The van der Waals surface area contributed by atoms with Crippen LogP contribution in [0.1, 0.15) is 18.4 Å². The first-order chi connectivity index (χ1) is 8.15. The van der Waals surface area contributed by atoms with Crippen LogP contribution in [-0.4, -0.2) is 19.0 Å². The predicted octanol–water partition coefficient (Wildman–Crippen LogP) is 0.729. The largest absolute Gasteiger partial charge is 0.369 e. The van der Waals surface area contributed by atoms with Crippen LogP contribution in [-0.2, 0) is 11.3 Å². The molecule has 0 aliphatic carbocycles. The van der Waals surface area contributed by atoms with Crippen LogP contribution >= 0.6 is 15.9 Å². The molecule has 17 heavy (non-hydrogen) atoms. The molecule has 3 N–H and O–H groups in total. The third-order valence-corrected chi connectivity index (χ3v) is 3.92. The van der Waals surface area contributed by atoms with E-state index in [2.05, 4.69) is 40.2 Å². The van der Waals surface area contributed by atoms with Crippen LogP contribution in [0.2, 0.25) is 0 Å². The van der Waals surface area contributed by atoms with Crippen LogP contribution in [0.3, 0.4) is 0 Å². The monoisotopic (exact) mass is 297 g/mol. The maximum Gasteiger partial charge on any atom is 0.226 e. The predicted molar refractivity (Wildman–Crippen MR) is 70.5 cm³/mol. The topological polar surface area (TPSA) is 47.5 Å². The van der Waals surface area contributed by atoms with Gasteiger partial charge >= 0.3 is 0 Å². The average molecular weight is 298 g/mol. The summed E-state index contributed by atoms with van der Waals surface area (Å²) in [6.45, 7) is 3.00. The van der Waals surface area contributed by atoms with Crippen molar-refractivity contribution in [1.29, 1.82) is 0 Å². The minimum atomic E-state index is -0.141. The molecule has 92 valence electrons. The summed E-state index contributed by atoms with van der Waals surface area (Å²) in [6.07, 6.45) is 2.05. The zero-order valence-corrected chi connectivity index (χ0v) is 11.4. The fraction of sp³-hybridized carbons (Fsp3) is 0.462. The van der Waals surface area contributed by atoms with Gasteiger partial charge in [-0.05, 0) is 25.0 Å². The van der Waals surface area contributed by atoms with Crippen molar-refractivity contribution in [3.8, 4) is 0 Å². The van der Waals surface area contributed by atoms with Gasteiger partial charge in [-0.3, -0.25) is 4.79 Å². The van der Waals surface area contributed by atoms with Crippen LogP contribution in [0.5, 0.6) is 0 Å². The second-order valence-electron chi connectivity index (χ2n) is 4.75. The van der Waals surface area contributed by atoms with Gasteiger partial charge < -0.3 is 10.6 Å². The van der Waals surface area contributed by atoms with Crippen LogP contribution in [0.4, 0.5) is 0 Å². The first-order valence-electron chi connectivity index (χ1n) is 6.02. The number of hydrogen-bond acceptors (Lipinski definition) is 1. The fourth-order valence-corrected chi connectivity index (χ4v) is 2.71. The smallest absolute Gasteiger partial charge is 0.226 e. The Morgan fingerprint density at radius 3 is 2.76 bits per heavy atom. The van der Waals surface area contributed by atoms with Crippen LogP contribution in [0.15, 0.2) is 28.7 Å². The average Bonchev–Trinajstić information content (AvgIpc) is 2.32. The molecule has 1 saturated heterocycles. The highest BCUT2D eigenvalue weighted by atomic mass is 79.9. The Kier molecular flexibility index (Phi) is 4.18. The lowest BCUT2D eigenvalue weighted by atomic mass is 9.97. The van der Waals surface area contributed by atoms with E-state index in [-0.39, 0.29) is 11.8 Å². The van der Waals surface area contributed by atoms with Gasteiger partial charge in [0.25, 0.3) is 0 Å². The molecule has 1 aromatic carbocycles. The zero-order chi connectivity index (χ0) is 12.3. The molecule has 1 aromatic rings. The molecule has 0 saturated carbocycles. The molecular weight excluding hydrogens is 280 g/mol. The van der Waals surface area contributed by atoms with E-state index in [1.165, 1.54) is 10.5 Å². The molecule has 2 atom stereocenters. The molecule has 1 amide bonds. The fourth-order valence-electron chi connectivity index (χ4n) is 2.45. The summed E-state index contributed by atoms with van der Waals surface area (Å²) in [5, 5.41) is 0. The number of piperidine rings is 1. The van der Waals surface area contributed by atoms with Crippen molar-refractivity contribution >= 4 is 21.8 Å². The summed E-state index contributed by atoms with van der Waals surface area (Å²) >= 11 is 3.43. The van der Waals surface area contributed by atoms with Gasteiger partial charge in [0, 0.05) is 10.0 Å². The lowest BCUT2D eigenvalue weighted by Gasteiger charge is -2.28. The van der Waals surface area contributed by atoms with E-state index in [0.29, 0.717) is 0 Å². The summed E-state index contributed by atoms with van der Waals surface area (Å²) in [4.78, 5) is 12.7. The van der Waals surface area contributed by atoms with Crippen molar-refractivity contribution in [3.05, 3.63) is 34.3 Å². The molecule has 0 bridgehead atoms. The quantitative estimate of drug-likeness (QED) is 0.849. The van der Waals surface area contributed by atoms with E-state index < -0.39 is 0 Å². The summed E-state index contributed by atoms with van der Waals surface area (Å²) in [6, 6.07) is 8.38. The third-order valence-electron chi connectivity index (χ3n) is 3.39. The van der Waals surface area contributed by atoms with Gasteiger partial charge in [-0.2, -0.15) is 0 Å². The van der Waals surface area contributed by atoms with Crippen LogP contribution < -0.4 is 10.6 Å². The number of benzene rings is 1. The molecule has 1 aliphatic rings. The summed E-state index contributed by atoms with van der Waals surface area (Å²) in [7, 11) is 0. The number of halogens is 1. The second kappa shape index (κ2) is 5.65. The van der Waals surface area contributed by atoms with Gasteiger partial charge in [0.2, 0.25) is 5.91 Å². The van der Waals surface area contributed by atoms with Gasteiger partial charge in [-0.1, -0.05) is 28.1 Å². The normalized spacial score (nSPS) is 24.5. The van der Waals surface area contributed by atoms with E-state index in [1.54, 1.807) is 0 Å². The first-order valence-corrected chi connectivity index (χ1v) is 6.82. The lowest BCUT2D eigenvalue weighted by Crippen LogP contribution is -3.12. The Bertz CT molecular complexity index is 391. The molecule has 0 radical (unpaired) electrons. The Morgan fingerprint density at radius 2 is 2.12 bits per heavy atom. The molecule has 0 spiro atoms. The van der Waals surface area contributed by atoms with E-state index in [9.17, 15) is 4.79 Å². The molecule has 2 rings (SSSR count). The Balaban J connectivity index is 1.94. The third kappa shape index (κ3) is 3.54. The maximum absolute atomic E-state index is 11.2. The Labute approximate surface area is 110 Å². The summed E-state index contributed by atoms with van der Waals surface area (Å²) < 4.78 is 1.10. The minimum absolute atomic E-state index is 0.0641. The number of rotatable bonds is 3. The van der Waals surface area contributed by atoms with E-state index in [0.717, 1.165) is 36.9 Å². The van der Waals surface area contributed by atoms with Gasteiger partial charge in [-0.25, -0.2) is 0 Å². The van der Waals surface area contributed by atoms with E-state index in [1.807, 2.05) is 0 Å². The number of carbonyl (C=O) groups is 1. The molecular formula is C13H18BrN2O+. The SMILES string of the molecule is NC(=O)[C@@H]1CCC[NH+](Cc2ccc(Br)cc2)C1. The molecule has 1 heterocycles. The van der Waals surface area contributed by atoms with Crippen LogP contribution in [0, 0.1) is 5.92 Å². The van der Waals surface area contributed by atoms with E-state index in [4.69, 9.17) is 5.73 Å².